The van der Waals surface area contributed by atoms with Crippen LogP contribution >= 0.6 is 0 Å². The van der Waals surface area contributed by atoms with Gasteiger partial charge < -0.3 is 15.2 Å². The molecule has 1 aliphatic heterocycles. The molecule has 0 spiro atoms. The molecule has 0 amide bonds. The van der Waals surface area contributed by atoms with E-state index in [0.717, 1.165) is 0 Å². The van der Waals surface area contributed by atoms with Crippen molar-refractivity contribution in [2.75, 3.05) is 6.79 Å². The van der Waals surface area contributed by atoms with Crippen LogP contribution in [0.15, 0.2) is 16.6 Å². The van der Waals surface area contributed by atoms with Crippen molar-refractivity contribution in [1.82, 2.24) is 0 Å². The van der Waals surface area contributed by atoms with E-state index in [1.54, 1.807) is 6.92 Å². The van der Waals surface area contributed by atoms with Gasteiger partial charge in [-0.1, -0.05) is 0 Å². The number of hydrogen-bond donors (Lipinski definition) is 1. The number of ether oxygens (including phenoxy) is 2. The van der Waals surface area contributed by atoms with Crippen LogP contribution in [0, 0.1) is 0 Å². The Kier molecular flexibility index (Phi) is 1.58. The lowest BCUT2D eigenvalue weighted by Crippen LogP contribution is -1.90. The Balaban J connectivity index is 2.66. The highest BCUT2D eigenvalue weighted by molar-refractivity contribution is 5.53. The zero-order valence-corrected chi connectivity index (χ0v) is 5.13. The Morgan fingerprint density at radius 3 is 2.89 bits per heavy atom. The Labute approximate surface area is 53.0 Å². The Morgan fingerprint density at radius 1 is 1.67 bits per heavy atom. The van der Waals surface area contributed by atoms with Crippen LogP contribution in [0.1, 0.15) is 6.92 Å². The first kappa shape index (κ1) is 5.94. The van der Waals surface area contributed by atoms with Crippen LogP contribution in [0.5, 0.6) is 0 Å². The van der Waals surface area contributed by atoms with Crippen LogP contribution in [-0.2, 0) is 9.47 Å². The fourth-order valence-electron chi connectivity index (χ4n) is 0.533. The molecule has 0 saturated carbocycles. The van der Waals surface area contributed by atoms with Crippen LogP contribution in [0.3, 0.4) is 0 Å². The first-order chi connectivity index (χ1) is 4.34. The van der Waals surface area contributed by atoms with E-state index in [1.807, 2.05) is 0 Å². The number of nitrogens with two attached hydrogens (primary N) is 1. The van der Waals surface area contributed by atoms with Crippen LogP contribution in [-0.4, -0.2) is 13.1 Å². The minimum atomic E-state index is 0.249. The van der Waals surface area contributed by atoms with E-state index in [2.05, 4.69) is 4.99 Å². The predicted octanol–water partition coefficient (Wildman–Crippen LogP) is 0.167. The van der Waals surface area contributed by atoms with Crippen LogP contribution in [0.4, 0.5) is 0 Å². The second kappa shape index (κ2) is 2.39. The summed E-state index contributed by atoms with van der Waals surface area (Å²) in [5.74, 6) is 1.15. The van der Waals surface area contributed by atoms with E-state index in [-0.39, 0.29) is 6.79 Å². The molecule has 0 unspecified atom stereocenters. The lowest BCUT2D eigenvalue weighted by Gasteiger charge is -1.88. The molecule has 1 heterocycles. The fraction of sp³-hybridized carbons (Fsp3) is 0.400. The third-order valence-corrected chi connectivity index (χ3v) is 0.964. The van der Waals surface area contributed by atoms with Gasteiger partial charge in [0.25, 0.3) is 5.88 Å². The smallest absolute Gasteiger partial charge is 0.256 e. The monoisotopic (exact) mass is 128 g/mol. The largest absolute Gasteiger partial charge is 0.456 e. The first-order valence-corrected chi connectivity index (χ1v) is 2.55. The van der Waals surface area contributed by atoms with E-state index < -0.39 is 0 Å². The second-order valence-corrected chi connectivity index (χ2v) is 1.55. The lowest BCUT2D eigenvalue weighted by atomic mass is 10.6. The van der Waals surface area contributed by atoms with Gasteiger partial charge in [0.15, 0.2) is 5.76 Å². The highest BCUT2D eigenvalue weighted by Crippen LogP contribution is 2.15. The molecule has 1 aliphatic rings. The van der Waals surface area contributed by atoms with Crippen molar-refractivity contribution in [3.05, 3.63) is 11.6 Å². The summed E-state index contributed by atoms with van der Waals surface area (Å²) in [6.45, 7) is 2.02. The number of rotatable bonds is 1. The molecular formula is C5H8N2O2. The molecule has 0 aliphatic carbocycles. The second-order valence-electron chi connectivity index (χ2n) is 1.55. The Hall–Kier alpha value is -1.19. The van der Waals surface area contributed by atoms with Crippen molar-refractivity contribution in [2.45, 2.75) is 6.92 Å². The molecule has 0 saturated heterocycles. The quantitative estimate of drug-likeness (QED) is 0.404. The van der Waals surface area contributed by atoms with E-state index in [9.17, 15) is 0 Å². The van der Waals surface area contributed by atoms with Crippen molar-refractivity contribution >= 4 is 6.34 Å². The van der Waals surface area contributed by atoms with Crippen molar-refractivity contribution < 1.29 is 9.47 Å². The number of nitrogens with zero attached hydrogens (tertiary/aromatic N) is 1. The van der Waals surface area contributed by atoms with Gasteiger partial charge >= 0.3 is 0 Å². The van der Waals surface area contributed by atoms with Crippen molar-refractivity contribution in [2.24, 2.45) is 10.7 Å². The summed E-state index contributed by atoms with van der Waals surface area (Å²) in [5, 5.41) is 0. The molecule has 50 valence electrons. The molecule has 4 nitrogen and oxygen atoms in total. The van der Waals surface area contributed by atoms with E-state index in [0.29, 0.717) is 11.6 Å². The lowest BCUT2D eigenvalue weighted by molar-refractivity contribution is 0.0714. The minimum Gasteiger partial charge on any atom is -0.456 e. The normalized spacial score (nSPS) is 18.3. The number of hydrogen-bond acceptors (Lipinski definition) is 3. The summed E-state index contributed by atoms with van der Waals surface area (Å²) in [6, 6.07) is 0. The molecule has 0 aromatic carbocycles. The minimum absolute atomic E-state index is 0.249. The average molecular weight is 128 g/mol. The summed E-state index contributed by atoms with van der Waals surface area (Å²) in [6.07, 6.45) is 1.17. The van der Waals surface area contributed by atoms with Crippen molar-refractivity contribution in [1.29, 1.82) is 0 Å². The fourth-order valence-corrected chi connectivity index (χ4v) is 0.533. The van der Waals surface area contributed by atoms with Gasteiger partial charge in [0.05, 0.1) is 6.34 Å². The maximum atomic E-state index is 5.01. The molecule has 0 radical (unpaired) electrons. The summed E-state index contributed by atoms with van der Waals surface area (Å²) in [7, 11) is 0. The van der Waals surface area contributed by atoms with Crippen LogP contribution in [0.2, 0.25) is 0 Å². The summed E-state index contributed by atoms with van der Waals surface area (Å²) in [4.78, 5) is 3.69. The SMILES string of the molecule is CC1=C(N=CN)OCO1. The topological polar surface area (TPSA) is 56.8 Å². The maximum absolute atomic E-state index is 5.01. The zero-order chi connectivity index (χ0) is 6.69. The highest BCUT2D eigenvalue weighted by atomic mass is 16.7. The molecule has 0 fully saturated rings. The van der Waals surface area contributed by atoms with Gasteiger partial charge in [-0.25, -0.2) is 4.99 Å². The summed E-state index contributed by atoms with van der Waals surface area (Å²) < 4.78 is 9.79. The molecule has 2 N–H and O–H groups in total. The van der Waals surface area contributed by atoms with Crippen LogP contribution in [0.25, 0.3) is 0 Å². The predicted molar refractivity (Wildman–Crippen MR) is 32.4 cm³/mol. The van der Waals surface area contributed by atoms with E-state index >= 15 is 0 Å². The molecule has 0 aromatic rings. The molecule has 1 rings (SSSR count). The maximum Gasteiger partial charge on any atom is 0.256 e. The average Bonchev–Trinajstić information content (AvgIpc) is 2.18. The highest BCUT2D eigenvalue weighted by Gasteiger charge is 2.10. The van der Waals surface area contributed by atoms with Gasteiger partial charge in [0.1, 0.15) is 0 Å². The van der Waals surface area contributed by atoms with Crippen molar-refractivity contribution in [3.63, 3.8) is 0 Å². The first-order valence-electron chi connectivity index (χ1n) is 2.55. The van der Waals surface area contributed by atoms with Gasteiger partial charge in [-0.3, -0.25) is 0 Å². The number of aliphatic imine (C=N–C) groups is 1. The summed E-state index contributed by atoms with van der Waals surface area (Å²) in [5.41, 5.74) is 5.01. The molecule has 0 atom stereocenters. The van der Waals surface area contributed by atoms with Gasteiger partial charge in [-0.05, 0) is 6.92 Å². The molecule has 0 bridgehead atoms. The van der Waals surface area contributed by atoms with Gasteiger partial charge in [-0.15, -0.1) is 0 Å². The zero-order valence-electron chi connectivity index (χ0n) is 5.13. The van der Waals surface area contributed by atoms with E-state index in [4.69, 9.17) is 15.2 Å². The molecule has 4 heteroatoms. The summed E-state index contributed by atoms with van der Waals surface area (Å²) >= 11 is 0. The van der Waals surface area contributed by atoms with Gasteiger partial charge in [0, 0.05) is 0 Å². The molecular weight excluding hydrogens is 120 g/mol. The molecule has 9 heavy (non-hydrogen) atoms. The van der Waals surface area contributed by atoms with Crippen molar-refractivity contribution in [3.8, 4) is 0 Å². The van der Waals surface area contributed by atoms with E-state index in [1.165, 1.54) is 6.34 Å². The third-order valence-electron chi connectivity index (χ3n) is 0.964. The standard InChI is InChI=1S/C5H8N2O2/c1-4-5(7-2-6)9-3-8-4/h2H,3H2,1H3,(H2,6,7). The van der Waals surface area contributed by atoms with Gasteiger partial charge in [0.2, 0.25) is 6.79 Å². The molecule has 0 aromatic heterocycles. The Morgan fingerprint density at radius 2 is 2.44 bits per heavy atom. The Bertz CT molecular complexity index is 162. The third kappa shape index (κ3) is 1.13. The van der Waals surface area contributed by atoms with Gasteiger partial charge in [-0.2, -0.15) is 0 Å². The van der Waals surface area contributed by atoms with Crippen LogP contribution < -0.4 is 5.73 Å². The number of allylic oxidation sites excluding steroid dienone is 1.